The second kappa shape index (κ2) is 6.15. The number of hydrazine groups is 1. The van der Waals surface area contributed by atoms with Gasteiger partial charge in [0.05, 0.1) is 0 Å². The average molecular weight is 254 g/mol. The summed E-state index contributed by atoms with van der Waals surface area (Å²) in [6.45, 7) is 2.98. The highest BCUT2D eigenvalue weighted by molar-refractivity contribution is 5.77. The van der Waals surface area contributed by atoms with Gasteiger partial charge in [-0.2, -0.15) is 0 Å². The fourth-order valence-electron chi connectivity index (χ4n) is 2.92. The minimum absolute atomic E-state index is 0.102. The second-order valence-corrected chi connectivity index (χ2v) is 5.23. The number of nitrogens with two attached hydrogens (primary N) is 1. The normalized spacial score (nSPS) is 28.4. The van der Waals surface area contributed by atoms with Gasteiger partial charge in [0, 0.05) is 32.0 Å². The molecular weight excluding hydrogens is 232 g/mol. The predicted octanol–water partition coefficient (Wildman–Crippen LogP) is -0.643. The molecule has 2 fully saturated rings. The van der Waals surface area contributed by atoms with Gasteiger partial charge in [0.15, 0.2) is 0 Å². The summed E-state index contributed by atoms with van der Waals surface area (Å²) in [6.07, 6.45) is 4.00. The van der Waals surface area contributed by atoms with E-state index in [1.807, 2.05) is 0 Å². The molecule has 4 N–H and O–H groups in total. The highest BCUT2D eigenvalue weighted by atomic mass is 16.2. The first-order chi connectivity index (χ1) is 8.69. The number of nitrogens with zero attached hydrogens (tertiary/aromatic N) is 1. The SMILES string of the molecule is NNC(=O)CCCN1CCC2NC(=O)CCC2C1. The molecule has 0 aliphatic carbocycles. The van der Waals surface area contributed by atoms with Crippen LogP contribution in [0.25, 0.3) is 0 Å². The first-order valence-corrected chi connectivity index (χ1v) is 6.70. The monoisotopic (exact) mass is 254 g/mol. The summed E-state index contributed by atoms with van der Waals surface area (Å²) in [5, 5.41) is 3.08. The Bertz CT molecular complexity index is 321. The van der Waals surface area contributed by atoms with E-state index in [1.165, 1.54) is 0 Å². The summed E-state index contributed by atoms with van der Waals surface area (Å²) < 4.78 is 0. The summed E-state index contributed by atoms with van der Waals surface area (Å²) >= 11 is 0. The number of rotatable bonds is 4. The maximum absolute atomic E-state index is 11.3. The summed E-state index contributed by atoms with van der Waals surface area (Å²) in [4.78, 5) is 24.7. The van der Waals surface area contributed by atoms with Crippen LogP contribution in [0.3, 0.4) is 0 Å². The number of hydrogen-bond donors (Lipinski definition) is 3. The Balaban J connectivity index is 1.70. The standard InChI is InChI=1S/C12H22N4O2/c13-15-12(18)2-1-6-16-7-5-10-9(8-16)3-4-11(17)14-10/h9-10H,1-8,13H2,(H,14,17)(H,15,18). The van der Waals surface area contributed by atoms with Gasteiger partial charge in [0.2, 0.25) is 11.8 Å². The Labute approximate surface area is 107 Å². The van der Waals surface area contributed by atoms with Crippen LogP contribution in [0.4, 0.5) is 0 Å². The van der Waals surface area contributed by atoms with Crippen LogP contribution in [0, 0.1) is 5.92 Å². The lowest BCUT2D eigenvalue weighted by atomic mass is 9.85. The molecule has 2 amide bonds. The van der Waals surface area contributed by atoms with Crippen molar-refractivity contribution < 1.29 is 9.59 Å². The first kappa shape index (κ1) is 13.3. The van der Waals surface area contributed by atoms with Gasteiger partial charge in [0.1, 0.15) is 0 Å². The lowest BCUT2D eigenvalue weighted by molar-refractivity contribution is -0.125. The van der Waals surface area contributed by atoms with Crippen LogP contribution in [0.5, 0.6) is 0 Å². The zero-order valence-electron chi connectivity index (χ0n) is 10.7. The molecule has 2 aliphatic rings. The summed E-state index contributed by atoms with van der Waals surface area (Å²) in [5.41, 5.74) is 2.15. The number of likely N-dealkylation sites (tertiary alicyclic amines) is 1. The number of fused-ring (bicyclic) bond motifs is 1. The second-order valence-electron chi connectivity index (χ2n) is 5.23. The predicted molar refractivity (Wildman–Crippen MR) is 67.3 cm³/mol. The molecule has 102 valence electrons. The molecule has 2 heterocycles. The van der Waals surface area contributed by atoms with Crippen molar-refractivity contribution in [1.82, 2.24) is 15.6 Å². The summed E-state index contributed by atoms with van der Waals surface area (Å²) in [5.74, 6) is 5.72. The molecule has 2 unspecified atom stereocenters. The minimum atomic E-state index is -0.102. The fourth-order valence-corrected chi connectivity index (χ4v) is 2.92. The van der Waals surface area contributed by atoms with Gasteiger partial charge in [-0.15, -0.1) is 0 Å². The molecule has 2 aliphatic heterocycles. The largest absolute Gasteiger partial charge is 0.353 e. The summed E-state index contributed by atoms with van der Waals surface area (Å²) in [7, 11) is 0. The topological polar surface area (TPSA) is 87.5 Å². The van der Waals surface area contributed by atoms with Crippen molar-refractivity contribution in [3.8, 4) is 0 Å². The first-order valence-electron chi connectivity index (χ1n) is 6.70. The number of amides is 2. The van der Waals surface area contributed by atoms with Crippen LogP contribution >= 0.6 is 0 Å². The molecule has 0 aromatic carbocycles. The number of hydrogen-bond acceptors (Lipinski definition) is 4. The average Bonchev–Trinajstić information content (AvgIpc) is 2.38. The van der Waals surface area contributed by atoms with Crippen molar-refractivity contribution >= 4 is 11.8 Å². The van der Waals surface area contributed by atoms with E-state index in [-0.39, 0.29) is 11.8 Å². The highest BCUT2D eigenvalue weighted by Gasteiger charge is 2.33. The number of carbonyl (C=O) groups is 2. The van der Waals surface area contributed by atoms with Crippen molar-refractivity contribution in [3.63, 3.8) is 0 Å². The quantitative estimate of drug-likeness (QED) is 0.354. The number of carbonyl (C=O) groups excluding carboxylic acids is 2. The third-order valence-corrected chi connectivity index (χ3v) is 3.95. The van der Waals surface area contributed by atoms with Crippen LogP contribution in [0.15, 0.2) is 0 Å². The molecule has 2 rings (SSSR count). The van der Waals surface area contributed by atoms with E-state index in [9.17, 15) is 9.59 Å². The summed E-state index contributed by atoms with van der Waals surface area (Å²) in [6, 6.07) is 0.370. The third-order valence-electron chi connectivity index (χ3n) is 3.95. The Morgan fingerprint density at radius 1 is 1.50 bits per heavy atom. The molecule has 6 nitrogen and oxygen atoms in total. The third kappa shape index (κ3) is 3.43. The van der Waals surface area contributed by atoms with Crippen molar-refractivity contribution in [1.29, 1.82) is 0 Å². The van der Waals surface area contributed by atoms with Crippen LogP contribution in [0.1, 0.15) is 32.1 Å². The van der Waals surface area contributed by atoms with E-state index in [0.29, 0.717) is 24.8 Å². The van der Waals surface area contributed by atoms with Gasteiger partial charge in [-0.1, -0.05) is 0 Å². The van der Waals surface area contributed by atoms with E-state index in [0.717, 1.165) is 38.9 Å². The van der Waals surface area contributed by atoms with E-state index in [1.54, 1.807) is 0 Å². The van der Waals surface area contributed by atoms with Gasteiger partial charge in [-0.05, 0) is 31.7 Å². The Kier molecular flexibility index (Phi) is 4.54. The molecule has 0 radical (unpaired) electrons. The van der Waals surface area contributed by atoms with Gasteiger partial charge < -0.3 is 10.2 Å². The van der Waals surface area contributed by atoms with Crippen LogP contribution in [-0.2, 0) is 9.59 Å². The van der Waals surface area contributed by atoms with E-state index >= 15 is 0 Å². The van der Waals surface area contributed by atoms with E-state index < -0.39 is 0 Å². The van der Waals surface area contributed by atoms with E-state index in [2.05, 4.69) is 15.6 Å². The lowest BCUT2D eigenvalue weighted by Crippen LogP contribution is -2.54. The van der Waals surface area contributed by atoms with Crippen molar-refractivity contribution in [2.45, 2.75) is 38.1 Å². The van der Waals surface area contributed by atoms with Crippen molar-refractivity contribution in [2.24, 2.45) is 11.8 Å². The molecule has 0 aromatic rings. The molecule has 0 aromatic heterocycles. The van der Waals surface area contributed by atoms with E-state index in [4.69, 9.17) is 5.84 Å². The molecule has 0 saturated carbocycles. The molecule has 18 heavy (non-hydrogen) atoms. The zero-order valence-corrected chi connectivity index (χ0v) is 10.7. The van der Waals surface area contributed by atoms with Crippen molar-refractivity contribution in [2.75, 3.05) is 19.6 Å². The Morgan fingerprint density at radius 2 is 2.33 bits per heavy atom. The maximum Gasteiger partial charge on any atom is 0.233 e. The minimum Gasteiger partial charge on any atom is -0.353 e. The molecule has 0 spiro atoms. The molecule has 2 atom stereocenters. The molecule has 6 heteroatoms. The van der Waals surface area contributed by atoms with Gasteiger partial charge >= 0.3 is 0 Å². The number of nitrogens with one attached hydrogen (secondary N) is 2. The van der Waals surface area contributed by atoms with Crippen molar-refractivity contribution in [3.05, 3.63) is 0 Å². The Morgan fingerprint density at radius 3 is 3.11 bits per heavy atom. The van der Waals surface area contributed by atoms with Crippen LogP contribution < -0.4 is 16.6 Å². The molecule has 0 bridgehead atoms. The van der Waals surface area contributed by atoms with Gasteiger partial charge in [-0.3, -0.25) is 15.0 Å². The molecule has 2 saturated heterocycles. The van der Waals surface area contributed by atoms with Gasteiger partial charge in [-0.25, -0.2) is 5.84 Å². The lowest BCUT2D eigenvalue weighted by Gasteiger charge is -2.41. The molecular formula is C12H22N4O2. The highest BCUT2D eigenvalue weighted by Crippen LogP contribution is 2.25. The van der Waals surface area contributed by atoms with Crippen LogP contribution in [0.2, 0.25) is 0 Å². The maximum atomic E-state index is 11.3. The van der Waals surface area contributed by atoms with Gasteiger partial charge in [0.25, 0.3) is 0 Å². The van der Waals surface area contributed by atoms with Crippen LogP contribution in [-0.4, -0.2) is 42.4 Å². The smallest absolute Gasteiger partial charge is 0.233 e. The number of piperidine rings is 2. The Hall–Kier alpha value is -1.14. The zero-order chi connectivity index (χ0) is 13.0. The fraction of sp³-hybridized carbons (Fsp3) is 0.833.